The van der Waals surface area contributed by atoms with Crippen molar-refractivity contribution in [3.8, 4) is 5.75 Å². The Kier molecular flexibility index (Phi) is 5.61. The molecule has 1 aliphatic heterocycles. The molecule has 1 aromatic rings. The SMILES string of the molecule is O=C1CCCN1C1CCCC(Cc2ccc(Br)cc2OC(F)(F)F)C1. The van der Waals surface area contributed by atoms with Crippen LogP contribution in [0.5, 0.6) is 5.75 Å². The average Bonchev–Trinajstić information content (AvgIpc) is 2.95. The molecule has 3 nitrogen and oxygen atoms in total. The van der Waals surface area contributed by atoms with E-state index in [0.29, 0.717) is 22.9 Å². The summed E-state index contributed by atoms with van der Waals surface area (Å²) in [5.41, 5.74) is 0.568. The number of ether oxygens (including phenoxy) is 1. The number of hydrogen-bond acceptors (Lipinski definition) is 2. The molecule has 0 N–H and O–H groups in total. The molecule has 0 spiro atoms. The number of carbonyl (C=O) groups is 1. The topological polar surface area (TPSA) is 29.5 Å². The Balaban J connectivity index is 1.70. The molecule has 0 aromatic heterocycles. The second-order valence-electron chi connectivity index (χ2n) is 6.88. The molecule has 1 aromatic carbocycles. The van der Waals surface area contributed by atoms with Gasteiger partial charge in [0.05, 0.1) is 0 Å². The van der Waals surface area contributed by atoms with E-state index in [1.807, 2.05) is 4.90 Å². The second kappa shape index (κ2) is 7.56. The van der Waals surface area contributed by atoms with Gasteiger partial charge in [-0.1, -0.05) is 28.4 Å². The summed E-state index contributed by atoms with van der Waals surface area (Å²) >= 11 is 3.20. The van der Waals surface area contributed by atoms with E-state index < -0.39 is 6.36 Å². The third-order valence-corrected chi connectivity index (χ3v) is 5.56. The van der Waals surface area contributed by atoms with Crippen molar-refractivity contribution in [2.75, 3.05) is 6.54 Å². The number of hydrogen-bond donors (Lipinski definition) is 0. The van der Waals surface area contributed by atoms with Crippen LogP contribution in [0, 0.1) is 5.92 Å². The number of halogens is 4. The summed E-state index contributed by atoms with van der Waals surface area (Å²) in [4.78, 5) is 13.9. The minimum absolute atomic E-state index is 0.138. The molecule has 2 unspecified atom stereocenters. The van der Waals surface area contributed by atoms with E-state index in [9.17, 15) is 18.0 Å². The third kappa shape index (κ3) is 4.90. The molecule has 2 atom stereocenters. The highest BCUT2D eigenvalue weighted by atomic mass is 79.9. The van der Waals surface area contributed by atoms with E-state index in [2.05, 4.69) is 20.7 Å². The van der Waals surface area contributed by atoms with Gasteiger partial charge in [-0.15, -0.1) is 13.2 Å². The van der Waals surface area contributed by atoms with Gasteiger partial charge in [0.25, 0.3) is 0 Å². The molecule has 3 rings (SSSR count). The van der Waals surface area contributed by atoms with Gasteiger partial charge in [-0.3, -0.25) is 4.79 Å². The Morgan fingerprint density at radius 1 is 1.24 bits per heavy atom. The Morgan fingerprint density at radius 2 is 2.04 bits per heavy atom. The Bertz CT molecular complexity index is 635. The molecule has 25 heavy (non-hydrogen) atoms. The zero-order valence-electron chi connectivity index (χ0n) is 13.8. The van der Waals surface area contributed by atoms with Crippen LogP contribution in [0.15, 0.2) is 22.7 Å². The fourth-order valence-corrected chi connectivity index (χ4v) is 4.35. The molecule has 1 amide bonds. The monoisotopic (exact) mass is 419 g/mol. The smallest absolute Gasteiger partial charge is 0.405 e. The maximum Gasteiger partial charge on any atom is 0.573 e. The first-order chi connectivity index (χ1) is 11.8. The number of nitrogens with zero attached hydrogens (tertiary/aromatic N) is 1. The number of carbonyl (C=O) groups excluding carboxylic acids is 1. The molecule has 0 bridgehead atoms. The van der Waals surface area contributed by atoms with Crippen LogP contribution in [0.3, 0.4) is 0 Å². The number of benzene rings is 1. The van der Waals surface area contributed by atoms with Crippen molar-refractivity contribution in [1.29, 1.82) is 0 Å². The lowest BCUT2D eigenvalue weighted by atomic mass is 9.81. The van der Waals surface area contributed by atoms with Crippen LogP contribution in [-0.2, 0) is 11.2 Å². The molecule has 2 fully saturated rings. The minimum atomic E-state index is -4.70. The highest BCUT2D eigenvalue weighted by molar-refractivity contribution is 9.10. The molecule has 7 heteroatoms. The fraction of sp³-hybridized carbons (Fsp3) is 0.611. The first kappa shape index (κ1) is 18.5. The van der Waals surface area contributed by atoms with Crippen LogP contribution < -0.4 is 4.74 Å². The molecule has 2 aliphatic rings. The lowest BCUT2D eigenvalue weighted by Gasteiger charge is -2.35. The van der Waals surface area contributed by atoms with E-state index >= 15 is 0 Å². The van der Waals surface area contributed by atoms with Crippen LogP contribution in [0.1, 0.15) is 44.1 Å². The molecule has 1 saturated heterocycles. The van der Waals surface area contributed by atoms with Crippen LogP contribution in [0.4, 0.5) is 13.2 Å². The molecular weight excluding hydrogens is 399 g/mol. The normalized spacial score (nSPS) is 24.6. The molecule has 1 aliphatic carbocycles. The minimum Gasteiger partial charge on any atom is -0.405 e. The predicted octanol–water partition coefficient (Wildman–Crippen LogP) is 5.07. The fourth-order valence-electron chi connectivity index (χ4n) is 4.01. The van der Waals surface area contributed by atoms with Crippen molar-refractivity contribution < 1.29 is 22.7 Å². The second-order valence-corrected chi connectivity index (χ2v) is 7.80. The molecular formula is C18H21BrF3NO2. The number of amides is 1. The Labute approximate surface area is 153 Å². The Hall–Kier alpha value is -1.24. The standard InChI is InChI=1S/C18H21BrF3NO2/c19-14-7-6-13(16(11-14)25-18(20,21)22)9-12-3-1-4-15(10-12)23-8-2-5-17(23)24/h6-7,11-12,15H,1-5,8-10H2. The molecule has 1 heterocycles. The van der Waals surface area contributed by atoms with Gasteiger partial charge in [-0.25, -0.2) is 0 Å². The summed E-state index contributed by atoms with van der Waals surface area (Å²) < 4.78 is 42.7. The van der Waals surface area contributed by atoms with E-state index in [4.69, 9.17) is 0 Å². The van der Waals surface area contributed by atoms with E-state index in [1.54, 1.807) is 12.1 Å². The van der Waals surface area contributed by atoms with Gasteiger partial charge in [0, 0.05) is 23.5 Å². The van der Waals surface area contributed by atoms with Gasteiger partial charge >= 0.3 is 6.36 Å². The van der Waals surface area contributed by atoms with E-state index in [0.717, 1.165) is 38.6 Å². The highest BCUT2D eigenvalue weighted by Crippen LogP contribution is 2.36. The van der Waals surface area contributed by atoms with Gasteiger partial charge in [0.2, 0.25) is 5.91 Å². The van der Waals surface area contributed by atoms with Gasteiger partial charge in [0.1, 0.15) is 5.75 Å². The average molecular weight is 420 g/mol. The predicted molar refractivity (Wildman–Crippen MR) is 91.2 cm³/mol. The van der Waals surface area contributed by atoms with Crippen molar-refractivity contribution in [2.45, 2.75) is 57.3 Å². The summed E-state index contributed by atoms with van der Waals surface area (Å²) in [6.07, 6.45) is 1.20. The van der Waals surface area contributed by atoms with Crippen LogP contribution in [0.2, 0.25) is 0 Å². The van der Waals surface area contributed by atoms with Gasteiger partial charge in [0.15, 0.2) is 0 Å². The summed E-state index contributed by atoms with van der Waals surface area (Å²) in [7, 11) is 0. The van der Waals surface area contributed by atoms with Crippen molar-refractivity contribution >= 4 is 21.8 Å². The van der Waals surface area contributed by atoms with Crippen molar-refractivity contribution in [2.24, 2.45) is 5.92 Å². The maximum atomic E-state index is 12.7. The van der Waals surface area contributed by atoms with Gasteiger partial charge in [-0.2, -0.15) is 0 Å². The van der Waals surface area contributed by atoms with Crippen LogP contribution in [-0.4, -0.2) is 29.8 Å². The first-order valence-corrected chi connectivity index (χ1v) is 9.45. The summed E-state index contributed by atoms with van der Waals surface area (Å²) in [5.74, 6) is 0.348. The van der Waals surface area contributed by atoms with Crippen LogP contribution in [0.25, 0.3) is 0 Å². The van der Waals surface area contributed by atoms with Crippen molar-refractivity contribution in [1.82, 2.24) is 4.90 Å². The van der Waals surface area contributed by atoms with Crippen molar-refractivity contribution in [3.05, 3.63) is 28.2 Å². The molecule has 0 radical (unpaired) electrons. The zero-order chi connectivity index (χ0) is 18.0. The number of likely N-dealkylation sites (tertiary alicyclic amines) is 1. The number of alkyl halides is 3. The zero-order valence-corrected chi connectivity index (χ0v) is 15.4. The summed E-state index contributed by atoms with van der Waals surface area (Å²) in [6, 6.07) is 5.03. The van der Waals surface area contributed by atoms with E-state index in [1.165, 1.54) is 6.07 Å². The lowest BCUT2D eigenvalue weighted by Crippen LogP contribution is -2.39. The summed E-state index contributed by atoms with van der Waals surface area (Å²) in [5, 5.41) is 0. The maximum absolute atomic E-state index is 12.7. The van der Waals surface area contributed by atoms with E-state index in [-0.39, 0.29) is 23.6 Å². The van der Waals surface area contributed by atoms with Crippen molar-refractivity contribution in [3.63, 3.8) is 0 Å². The quantitative estimate of drug-likeness (QED) is 0.681. The first-order valence-electron chi connectivity index (χ1n) is 8.65. The van der Waals surface area contributed by atoms with Gasteiger partial charge in [-0.05, 0) is 55.7 Å². The molecule has 138 valence electrons. The van der Waals surface area contributed by atoms with Crippen LogP contribution >= 0.6 is 15.9 Å². The Morgan fingerprint density at radius 3 is 2.72 bits per heavy atom. The van der Waals surface area contributed by atoms with Gasteiger partial charge < -0.3 is 9.64 Å². The molecule has 1 saturated carbocycles. The third-order valence-electron chi connectivity index (χ3n) is 5.07. The summed E-state index contributed by atoms with van der Waals surface area (Å²) in [6.45, 7) is 0.816. The number of rotatable bonds is 4. The lowest BCUT2D eigenvalue weighted by molar-refractivity contribution is -0.275. The highest BCUT2D eigenvalue weighted by Gasteiger charge is 2.34. The largest absolute Gasteiger partial charge is 0.573 e.